The summed E-state index contributed by atoms with van der Waals surface area (Å²) in [7, 11) is 1.67. The molecule has 110 valence electrons. The second-order valence-electron chi connectivity index (χ2n) is 4.88. The number of aromatic hydroxyl groups is 1. The van der Waals surface area contributed by atoms with E-state index in [0.717, 1.165) is 0 Å². The van der Waals surface area contributed by atoms with E-state index in [4.69, 9.17) is 17.3 Å². The summed E-state index contributed by atoms with van der Waals surface area (Å²) in [4.78, 5) is 14.1. The number of halogens is 1. The number of hydrogen-bond acceptors (Lipinski definition) is 3. The molecule has 0 heterocycles. The van der Waals surface area contributed by atoms with Crippen LogP contribution in [-0.4, -0.2) is 23.0 Å². The molecule has 5 heteroatoms. The Morgan fingerprint density at radius 3 is 2.62 bits per heavy atom. The van der Waals surface area contributed by atoms with Gasteiger partial charge in [-0.1, -0.05) is 29.8 Å². The van der Waals surface area contributed by atoms with Crippen molar-refractivity contribution < 1.29 is 9.90 Å². The number of phenols is 1. The van der Waals surface area contributed by atoms with Crippen LogP contribution in [0.4, 0.5) is 5.69 Å². The molecule has 2 aromatic rings. The first-order chi connectivity index (χ1) is 9.91. The molecule has 0 saturated heterocycles. The molecule has 0 spiro atoms. The number of nitrogens with zero attached hydrogens (tertiary/aromatic N) is 1. The SMILES string of the molecule is CC(c1ccccc1O)N(C)C(=O)c1cc(Cl)ccc1N. The van der Waals surface area contributed by atoms with Crippen molar-refractivity contribution in [3.63, 3.8) is 0 Å². The lowest BCUT2D eigenvalue weighted by Gasteiger charge is -2.26. The van der Waals surface area contributed by atoms with E-state index in [9.17, 15) is 9.90 Å². The lowest BCUT2D eigenvalue weighted by molar-refractivity contribution is 0.0742. The van der Waals surface area contributed by atoms with Crippen LogP contribution in [0.5, 0.6) is 5.75 Å². The minimum absolute atomic E-state index is 0.156. The second kappa shape index (κ2) is 6.06. The quantitative estimate of drug-likeness (QED) is 0.853. The zero-order chi connectivity index (χ0) is 15.6. The third kappa shape index (κ3) is 3.11. The van der Waals surface area contributed by atoms with Crippen molar-refractivity contribution in [2.24, 2.45) is 0 Å². The third-order valence-corrected chi connectivity index (χ3v) is 3.77. The van der Waals surface area contributed by atoms with Crippen molar-refractivity contribution in [3.8, 4) is 5.75 Å². The predicted octanol–water partition coefficient (Wildman–Crippen LogP) is 3.46. The fourth-order valence-corrected chi connectivity index (χ4v) is 2.30. The molecule has 0 aliphatic carbocycles. The van der Waals surface area contributed by atoms with Crippen molar-refractivity contribution >= 4 is 23.2 Å². The first-order valence-electron chi connectivity index (χ1n) is 6.52. The smallest absolute Gasteiger partial charge is 0.256 e. The average Bonchev–Trinajstić information content (AvgIpc) is 2.48. The van der Waals surface area contributed by atoms with Gasteiger partial charge < -0.3 is 15.7 Å². The first-order valence-corrected chi connectivity index (χ1v) is 6.89. The number of phenolic OH excluding ortho intramolecular Hbond substituents is 1. The molecule has 3 N–H and O–H groups in total. The molecule has 2 rings (SSSR count). The van der Waals surface area contributed by atoms with E-state index in [1.54, 1.807) is 43.4 Å². The van der Waals surface area contributed by atoms with Crippen LogP contribution in [0.1, 0.15) is 28.9 Å². The molecule has 0 aliphatic heterocycles. The Bertz CT molecular complexity index is 673. The van der Waals surface area contributed by atoms with Crippen LogP contribution < -0.4 is 5.73 Å². The highest BCUT2D eigenvalue weighted by Gasteiger charge is 2.22. The number of para-hydroxylation sites is 1. The molecule has 0 aliphatic rings. The number of nitrogen functional groups attached to an aromatic ring is 1. The highest BCUT2D eigenvalue weighted by Crippen LogP contribution is 2.29. The van der Waals surface area contributed by atoms with Crippen molar-refractivity contribution in [1.82, 2.24) is 4.90 Å². The Balaban J connectivity index is 2.31. The molecule has 1 atom stereocenters. The van der Waals surface area contributed by atoms with Gasteiger partial charge in [0.15, 0.2) is 0 Å². The van der Waals surface area contributed by atoms with Gasteiger partial charge in [-0.05, 0) is 31.2 Å². The summed E-state index contributed by atoms with van der Waals surface area (Å²) in [6.07, 6.45) is 0. The maximum absolute atomic E-state index is 12.5. The van der Waals surface area contributed by atoms with Gasteiger partial charge >= 0.3 is 0 Å². The van der Waals surface area contributed by atoms with Crippen LogP contribution in [0.2, 0.25) is 5.02 Å². The van der Waals surface area contributed by atoms with E-state index in [1.807, 2.05) is 13.0 Å². The van der Waals surface area contributed by atoms with E-state index in [1.165, 1.54) is 4.90 Å². The summed E-state index contributed by atoms with van der Waals surface area (Å²) in [6, 6.07) is 11.4. The van der Waals surface area contributed by atoms with Gasteiger partial charge in [0.25, 0.3) is 5.91 Å². The Hall–Kier alpha value is -2.20. The van der Waals surface area contributed by atoms with E-state index in [-0.39, 0.29) is 17.7 Å². The zero-order valence-corrected chi connectivity index (χ0v) is 12.6. The van der Waals surface area contributed by atoms with Gasteiger partial charge in [-0.15, -0.1) is 0 Å². The highest BCUT2D eigenvalue weighted by atomic mass is 35.5. The van der Waals surface area contributed by atoms with Crippen molar-refractivity contribution in [1.29, 1.82) is 0 Å². The van der Waals surface area contributed by atoms with Gasteiger partial charge in [0.05, 0.1) is 11.6 Å². The summed E-state index contributed by atoms with van der Waals surface area (Å²) < 4.78 is 0. The molecule has 0 bridgehead atoms. The molecule has 0 saturated carbocycles. The lowest BCUT2D eigenvalue weighted by atomic mass is 10.0. The Morgan fingerprint density at radius 2 is 1.95 bits per heavy atom. The Morgan fingerprint density at radius 1 is 1.29 bits per heavy atom. The largest absolute Gasteiger partial charge is 0.508 e. The van der Waals surface area contributed by atoms with Gasteiger partial charge in [-0.3, -0.25) is 4.79 Å². The summed E-state index contributed by atoms with van der Waals surface area (Å²) in [5, 5.41) is 10.4. The number of nitrogens with two attached hydrogens (primary N) is 1. The van der Waals surface area contributed by atoms with Gasteiger partial charge in [0, 0.05) is 23.3 Å². The Labute approximate surface area is 128 Å². The van der Waals surface area contributed by atoms with Gasteiger partial charge in [0.1, 0.15) is 5.75 Å². The minimum atomic E-state index is -0.294. The molecule has 1 amide bonds. The predicted molar refractivity (Wildman–Crippen MR) is 84.5 cm³/mol. The van der Waals surface area contributed by atoms with Gasteiger partial charge in [0.2, 0.25) is 0 Å². The molecule has 0 radical (unpaired) electrons. The van der Waals surface area contributed by atoms with Crippen LogP contribution in [0, 0.1) is 0 Å². The normalized spacial score (nSPS) is 12.0. The maximum atomic E-state index is 12.5. The molecular weight excluding hydrogens is 288 g/mol. The zero-order valence-electron chi connectivity index (χ0n) is 11.9. The topological polar surface area (TPSA) is 66.6 Å². The summed E-state index contributed by atoms with van der Waals surface area (Å²) in [5.74, 6) is -0.0885. The molecule has 2 aromatic carbocycles. The Kier molecular flexibility index (Phi) is 4.38. The van der Waals surface area contributed by atoms with E-state index >= 15 is 0 Å². The number of rotatable bonds is 3. The number of carbonyl (C=O) groups excluding carboxylic acids is 1. The molecule has 4 nitrogen and oxygen atoms in total. The van der Waals surface area contributed by atoms with Crippen LogP contribution in [-0.2, 0) is 0 Å². The highest BCUT2D eigenvalue weighted by molar-refractivity contribution is 6.31. The molecule has 21 heavy (non-hydrogen) atoms. The minimum Gasteiger partial charge on any atom is -0.508 e. The van der Waals surface area contributed by atoms with Crippen LogP contribution in [0.25, 0.3) is 0 Å². The van der Waals surface area contributed by atoms with E-state index in [2.05, 4.69) is 0 Å². The van der Waals surface area contributed by atoms with Gasteiger partial charge in [-0.2, -0.15) is 0 Å². The summed E-state index contributed by atoms with van der Waals surface area (Å²) >= 11 is 5.92. The molecule has 0 aromatic heterocycles. The van der Waals surface area contributed by atoms with Crippen molar-refractivity contribution in [2.75, 3.05) is 12.8 Å². The van der Waals surface area contributed by atoms with Crippen LogP contribution in [0.3, 0.4) is 0 Å². The fraction of sp³-hybridized carbons (Fsp3) is 0.188. The molecule has 0 fully saturated rings. The van der Waals surface area contributed by atoms with E-state index < -0.39 is 0 Å². The third-order valence-electron chi connectivity index (χ3n) is 3.53. The summed E-state index contributed by atoms with van der Waals surface area (Å²) in [6.45, 7) is 1.84. The number of anilines is 1. The average molecular weight is 305 g/mol. The monoisotopic (exact) mass is 304 g/mol. The number of carbonyl (C=O) groups is 1. The molecular formula is C16H17ClN2O2. The van der Waals surface area contributed by atoms with Crippen LogP contribution >= 0.6 is 11.6 Å². The standard InChI is InChI=1S/C16H17ClN2O2/c1-10(12-5-3-4-6-15(12)20)19(2)16(21)13-9-11(17)7-8-14(13)18/h3-10,20H,18H2,1-2H3. The second-order valence-corrected chi connectivity index (χ2v) is 5.32. The fourth-order valence-electron chi connectivity index (χ4n) is 2.13. The lowest BCUT2D eigenvalue weighted by Crippen LogP contribution is -2.30. The number of amides is 1. The van der Waals surface area contributed by atoms with Gasteiger partial charge in [-0.25, -0.2) is 0 Å². The first kappa shape index (κ1) is 15.2. The maximum Gasteiger partial charge on any atom is 0.256 e. The summed E-state index contributed by atoms with van der Waals surface area (Å²) in [5.41, 5.74) is 7.25. The van der Waals surface area contributed by atoms with Crippen LogP contribution in [0.15, 0.2) is 42.5 Å². The van der Waals surface area contributed by atoms with Crippen molar-refractivity contribution in [3.05, 3.63) is 58.6 Å². The van der Waals surface area contributed by atoms with E-state index in [0.29, 0.717) is 21.8 Å². The number of hydrogen-bond donors (Lipinski definition) is 2. The molecule has 1 unspecified atom stereocenters. The number of benzene rings is 2. The van der Waals surface area contributed by atoms with Crippen molar-refractivity contribution in [2.45, 2.75) is 13.0 Å².